The first-order valence-electron chi connectivity index (χ1n) is 2.93. The average Bonchev–Trinajstić information content (AvgIpc) is 1.97. The van der Waals surface area contributed by atoms with Crippen molar-refractivity contribution in [1.82, 2.24) is 0 Å². The van der Waals surface area contributed by atoms with Crippen LogP contribution in [0.1, 0.15) is 5.56 Å². The van der Waals surface area contributed by atoms with Gasteiger partial charge in [0.25, 0.3) is 0 Å². The van der Waals surface area contributed by atoms with Gasteiger partial charge >= 0.3 is 0 Å². The normalized spacial score (nSPS) is 10.2. The van der Waals surface area contributed by atoms with Crippen LogP contribution in [0.15, 0.2) is 6.07 Å². The summed E-state index contributed by atoms with van der Waals surface area (Å²) in [5, 5.41) is 0.275. The number of benzene rings is 1. The molecule has 0 saturated carbocycles. The lowest BCUT2D eigenvalue weighted by atomic mass is 10.2. The Balaban J connectivity index is 3.46. The fourth-order valence-electron chi connectivity index (χ4n) is 0.709. The van der Waals surface area contributed by atoms with E-state index >= 15 is 0 Å². The second kappa shape index (κ2) is 3.15. The van der Waals surface area contributed by atoms with Crippen molar-refractivity contribution in [2.75, 3.05) is 5.73 Å². The summed E-state index contributed by atoms with van der Waals surface area (Å²) in [6.07, 6.45) is 0. The fourth-order valence-corrected chi connectivity index (χ4v) is 1.61. The van der Waals surface area contributed by atoms with Crippen molar-refractivity contribution in [1.29, 1.82) is 0 Å². The number of rotatable bonds is 0. The molecule has 0 heterocycles. The molecule has 0 spiro atoms. The summed E-state index contributed by atoms with van der Waals surface area (Å²) in [5.41, 5.74) is 6.54. The summed E-state index contributed by atoms with van der Waals surface area (Å²) in [4.78, 5) is 0. The molecular weight excluding hydrogens is 279 g/mol. The lowest BCUT2D eigenvalue weighted by molar-refractivity contribution is 0.617. The summed E-state index contributed by atoms with van der Waals surface area (Å²) >= 11 is 7.59. The van der Waals surface area contributed by atoms with Crippen molar-refractivity contribution in [3.8, 4) is 0 Å². The van der Waals surface area contributed by atoms with Crippen LogP contribution in [-0.2, 0) is 0 Å². The zero-order valence-electron chi connectivity index (χ0n) is 5.79. The largest absolute Gasteiger partial charge is 0.397 e. The van der Waals surface area contributed by atoms with Crippen LogP contribution >= 0.6 is 34.2 Å². The minimum atomic E-state index is -0.311. The molecule has 11 heavy (non-hydrogen) atoms. The van der Waals surface area contributed by atoms with Crippen LogP contribution in [-0.4, -0.2) is 0 Å². The van der Waals surface area contributed by atoms with Crippen molar-refractivity contribution in [3.05, 3.63) is 26.0 Å². The van der Waals surface area contributed by atoms with Gasteiger partial charge in [-0.25, -0.2) is 4.39 Å². The molecule has 1 nitrogen and oxygen atoms in total. The van der Waals surface area contributed by atoms with E-state index in [0.717, 1.165) is 0 Å². The predicted octanol–water partition coefficient (Wildman–Crippen LogP) is 2.97. The summed E-state index contributed by atoms with van der Waals surface area (Å²) in [6.45, 7) is 1.67. The highest BCUT2D eigenvalue weighted by molar-refractivity contribution is 14.1. The molecule has 0 aliphatic rings. The molecule has 0 unspecified atom stereocenters. The van der Waals surface area contributed by atoms with Crippen LogP contribution in [0.2, 0.25) is 5.02 Å². The molecule has 0 aliphatic heterocycles. The van der Waals surface area contributed by atoms with Crippen molar-refractivity contribution < 1.29 is 4.39 Å². The zero-order chi connectivity index (χ0) is 8.59. The van der Waals surface area contributed by atoms with Crippen molar-refractivity contribution >= 4 is 39.9 Å². The minimum absolute atomic E-state index is 0.275. The van der Waals surface area contributed by atoms with Gasteiger partial charge in [0, 0.05) is 9.13 Å². The molecule has 0 radical (unpaired) electrons. The van der Waals surface area contributed by atoms with Crippen LogP contribution in [0.5, 0.6) is 0 Å². The Kier molecular flexibility index (Phi) is 2.59. The van der Waals surface area contributed by atoms with Crippen molar-refractivity contribution in [2.45, 2.75) is 6.92 Å². The first kappa shape index (κ1) is 9.06. The summed E-state index contributed by atoms with van der Waals surface area (Å²) in [6, 6.07) is 1.23. The number of halogens is 3. The minimum Gasteiger partial charge on any atom is -0.397 e. The number of hydrogen-bond acceptors (Lipinski definition) is 1. The van der Waals surface area contributed by atoms with Gasteiger partial charge in [0.1, 0.15) is 5.82 Å². The number of nitrogen functional groups attached to an aromatic ring is 1. The first-order valence-corrected chi connectivity index (χ1v) is 4.39. The van der Waals surface area contributed by atoms with Gasteiger partial charge in [-0.1, -0.05) is 11.6 Å². The lowest BCUT2D eigenvalue weighted by Gasteiger charge is -2.05. The standard InChI is InChI=1S/C7H6ClFIN/c1-3-5(9)2-4(8)7(11)6(3)10/h2H,11H2,1H3. The Bertz CT molecular complexity index is 275. The molecule has 2 N–H and O–H groups in total. The fraction of sp³-hybridized carbons (Fsp3) is 0.143. The number of anilines is 1. The molecule has 1 aromatic carbocycles. The second-order valence-electron chi connectivity index (χ2n) is 2.19. The maximum absolute atomic E-state index is 12.9. The van der Waals surface area contributed by atoms with Gasteiger partial charge in [-0.15, -0.1) is 0 Å². The summed E-state index contributed by atoms with van der Waals surface area (Å²) in [5.74, 6) is -0.311. The van der Waals surface area contributed by atoms with E-state index in [1.54, 1.807) is 6.92 Å². The van der Waals surface area contributed by atoms with E-state index in [1.165, 1.54) is 6.07 Å². The van der Waals surface area contributed by atoms with Gasteiger partial charge in [0.2, 0.25) is 0 Å². The van der Waals surface area contributed by atoms with E-state index in [0.29, 0.717) is 14.8 Å². The Morgan fingerprint density at radius 3 is 2.73 bits per heavy atom. The Morgan fingerprint density at radius 1 is 1.64 bits per heavy atom. The first-order chi connectivity index (χ1) is 5.04. The average molecular weight is 285 g/mol. The molecule has 0 aliphatic carbocycles. The molecular formula is C7H6ClFIN. The van der Waals surface area contributed by atoms with E-state index < -0.39 is 0 Å². The maximum atomic E-state index is 12.9. The zero-order valence-corrected chi connectivity index (χ0v) is 8.70. The van der Waals surface area contributed by atoms with E-state index in [9.17, 15) is 4.39 Å². The Morgan fingerprint density at radius 2 is 2.18 bits per heavy atom. The molecule has 0 bridgehead atoms. The van der Waals surface area contributed by atoms with Crippen LogP contribution in [0.25, 0.3) is 0 Å². The van der Waals surface area contributed by atoms with E-state index in [4.69, 9.17) is 17.3 Å². The third kappa shape index (κ3) is 1.59. The van der Waals surface area contributed by atoms with Gasteiger partial charge in [-0.05, 0) is 35.6 Å². The highest BCUT2D eigenvalue weighted by Crippen LogP contribution is 2.28. The molecule has 0 saturated heterocycles. The van der Waals surface area contributed by atoms with Gasteiger partial charge in [-0.3, -0.25) is 0 Å². The van der Waals surface area contributed by atoms with Gasteiger partial charge in [0.05, 0.1) is 10.7 Å². The smallest absolute Gasteiger partial charge is 0.128 e. The van der Waals surface area contributed by atoms with Crippen LogP contribution in [0.3, 0.4) is 0 Å². The molecule has 0 atom stereocenters. The third-order valence-electron chi connectivity index (χ3n) is 1.43. The van der Waals surface area contributed by atoms with Gasteiger partial charge < -0.3 is 5.73 Å². The van der Waals surface area contributed by atoms with E-state index in [1.807, 2.05) is 22.6 Å². The molecule has 1 aromatic rings. The van der Waals surface area contributed by atoms with E-state index in [2.05, 4.69) is 0 Å². The molecule has 60 valence electrons. The highest BCUT2D eigenvalue weighted by atomic mass is 127. The monoisotopic (exact) mass is 285 g/mol. The van der Waals surface area contributed by atoms with Crippen molar-refractivity contribution in [3.63, 3.8) is 0 Å². The maximum Gasteiger partial charge on any atom is 0.128 e. The van der Waals surface area contributed by atoms with Crippen LogP contribution in [0, 0.1) is 16.3 Å². The second-order valence-corrected chi connectivity index (χ2v) is 3.68. The molecule has 0 aromatic heterocycles. The van der Waals surface area contributed by atoms with Crippen molar-refractivity contribution in [2.24, 2.45) is 0 Å². The molecule has 1 rings (SSSR count). The Labute approximate surface area is 82.9 Å². The number of nitrogens with two attached hydrogens (primary N) is 1. The number of hydrogen-bond donors (Lipinski definition) is 1. The third-order valence-corrected chi connectivity index (χ3v) is 3.14. The van der Waals surface area contributed by atoms with E-state index in [-0.39, 0.29) is 10.8 Å². The quantitative estimate of drug-likeness (QED) is 0.575. The highest BCUT2D eigenvalue weighted by Gasteiger charge is 2.08. The topological polar surface area (TPSA) is 26.0 Å². The van der Waals surface area contributed by atoms with Gasteiger partial charge in [0.15, 0.2) is 0 Å². The SMILES string of the molecule is Cc1c(F)cc(Cl)c(N)c1I. The van der Waals surface area contributed by atoms with Crippen LogP contribution < -0.4 is 5.73 Å². The Hall–Kier alpha value is -0.0300. The summed E-state index contributed by atoms with van der Waals surface area (Å²) in [7, 11) is 0. The molecule has 0 fully saturated rings. The van der Waals surface area contributed by atoms with Gasteiger partial charge in [-0.2, -0.15) is 0 Å². The predicted molar refractivity (Wildman–Crippen MR) is 53.3 cm³/mol. The molecule has 4 heteroatoms. The lowest BCUT2D eigenvalue weighted by Crippen LogP contribution is -1.96. The van der Waals surface area contributed by atoms with Crippen LogP contribution in [0.4, 0.5) is 10.1 Å². The molecule has 0 amide bonds. The summed E-state index contributed by atoms with van der Waals surface area (Å²) < 4.78 is 13.6.